The maximum atomic E-state index is 6.00. The van der Waals surface area contributed by atoms with Crippen molar-refractivity contribution in [2.24, 2.45) is 5.73 Å². The van der Waals surface area contributed by atoms with Crippen LogP contribution in [0.25, 0.3) is 0 Å². The van der Waals surface area contributed by atoms with Gasteiger partial charge in [0.05, 0.1) is 11.1 Å². The van der Waals surface area contributed by atoms with Crippen LogP contribution >= 0.6 is 23.4 Å². The first-order chi connectivity index (χ1) is 7.77. The zero-order valence-electron chi connectivity index (χ0n) is 9.36. The van der Waals surface area contributed by atoms with E-state index in [1.54, 1.807) is 18.0 Å². The van der Waals surface area contributed by atoms with Crippen molar-refractivity contribution in [3.05, 3.63) is 23.4 Å². The summed E-state index contributed by atoms with van der Waals surface area (Å²) < 4.78 is 5.47. The Morgan fingerprint density at radius 2 is 2.44 bits per heavy atom. The van der Waals surface area contributed by atoms with Crippen molar-refractivity contribution in [1.82, 2.24) is 4.98 Å². The Morgan fingerprint density at radius 1 is 1.62 bits per heavy atom. The highest BCUT2D eigenvalue weighted by atomic mass is 35.5. The summed E-state index contributed by atoms with van der Waals surface area (Å²) in [7, 11) is 0. The van der Waals surface area contributed by atoms with Crippen molar-refractivity contribution in [3.8, 4) is 0 Å². The van der Waals surface area contributed by atoms with Crippen LogP contribution in [0.4, 0.5) is 0 Å². The Bertz CT molecular complexity index is 312. The molecule has 0 aliphatic rings. The molecule has 0 fully saturated rings. The van der Waals surface area contributed by atoms with Crippen LogP contribution < -0.4 is 5.73 Å². The number of halogens is 1. The molecule has 0 radical (unpaired) electrons. The summed E-state index contributed by atoms with van der Waals surface area (Å²) >= 11 is 7.63. The van der Waals surface area contributed by atoms with E-state index in [0.29, 0.717) is 18.2 Å². The van der Waals surface area contributed by atoms with Gasteiger partial charge in [-0.3, -0.25) is 0 Å². The third-order valence-corrected chi connectivity index (χ3v) is 3.52. The quantitative estimate of drug-likeness (QED) is 0.766. The number of aromatic nitrogens is 1. The third kappa shape index (κ3) is 4.70. The summed E-state index contributed by atoms with van der Waals surface area (Å²) in [5.74, 6) is 0.915. The minimum absolute atomic E-state index is 0.139. The first kappa shape index (κ1) is 13.8. The molecular formula is C11H17ClN2OS. The molecule has 1 rings (SSSR count). The van der Waals surface area contributed by atoms with Gasteiger partial charge < -0.3 is 10.5 Å². The number of hydrogen-bond donors (Lipinski definition) is 1. The van der Waals surface area contributed by atoms with Crippen LogP contribution in [0.3, 0.4) is 0 Å². The predicted molar refractivity (Wildman–Crippen MR) is 69.1 cm³/mol. The van der Waals surface area contributed by atoms with Crippen molar-refractivity contribution < 1.29 is 4.74 Å². The van der Waals surface area contributed by atoms with Gasteiger partial charge in [0.2, 0.25) is 0 Å². The molecule has 0 aromatic carbocycles. The molecular weight excluding hydrogens is 244 g/mol. The molecule has 90 valence electrons. The number of nitrogens with two attached hydrogens (primary N) is 1. The lowest BCUT2D eigenvalue weighted by Crippen LogP contribution is -2.24. The fourth-order valence-electron chi connectivity index (χ4n) is 1.27. The highest BCUT2D eigenvalue weighted by molar-refractivity contribution is 7.99. The summed E-state index contributed by atoms with van der Waals surface area (Å²) in [4.78, 5) is 4.21. The van der Waals surface area contributed by atoms with Gasteiger partial charge in [0.15, 0.2) is 0 Å². The monoisotopic (exact) mass is 260 g/mol. The summed E-state index contributed by atoms with van der Waals surface area (Å²) in [6.07, 6.45) is 2.80. The van der Waals surface area contributed by atoms with Gasteiger partial charge in [0, 0.05) is 25.1 Å². The maximum absolute atomic E-state index is 6.00. The Hall–Kier alpha value is -0.290. The van der Waals surface area contributed by atoms with E-state index in [1.165, 1.54) is 0 Å². The highest BCUT2D eigenvalue weighted by Gasteiger charge is 2.07. The molecule has 0 bridgehead atoms. The number of pyridine rings is 1. The van der Waals surface area contributed by atoms with Crippen LogP contribution in [0.2, 0.25) is 5.02 Å². The second-order valence-corrected chi connectivity index (χ2v) is 4.73. The van der Waals surface area contributed by atoms with Crippen molar-refractivity contribution in [2.75, 3.05) is 18.9 Å². The smallest absolute Gasteiger partial charge is 0.115 e. The summed E-state index contributed by atoms with van der Waals surface area (Å²) in [6.45, 7) is 3.24. The zero-order chi connectivity index (χ0) is 11.8. The van der Waals surface area contributed by atoms with E-state index in [0.717, 1.165) is 17.2 Å². The van der Waals surface area contributed by atoms with Crippen molar-refractivity contribution in [3.63, 3.8) is 0 Å². The van der Waals surface area contributed by atoms with Crippen LogP contribution in [0.5, 0.6) is 0 Å². The average molecular weight is 261 g/mol. The summed E-state index contributed by atoms with van der Waals surface area (Å²) in [6, 6.07) is 3.68. The molecule has 0 saturated carbocycles. The van der Waals surface area contributed by atoms with E-state index in [1.807, 2.05) is 19.1 Å². The second-order valence-electron chi connectivity index (χ2n) is 3.24. The van der Waals surface area contributed by atoms with Gasteiger partial charge in [-0.1, -0.05) is 11.6 Å². The number of nitrogens with zero attached hydrogens (tertiary/aromatic N) is 1. The number of hydrogen-bond acceptors (Lipinski definition) is 4. The van der Waals surface area contributed by atoms with Gasteiger partial charge in [-0.05, 0) is 25.5 Å². The largest absolute Gasteiger partial charge is 0.377 e. The van der Waals surface area contributed by atoms with E-state index >= 15 is 0 Å². The molecule has 1 heterocycles. The highest BCUT2D eigenvalue weighted by Crippen LogP contribution is 2.24. The molecule has 1 atom stereocenters. The van der Waals surface area contributed by atoms with Crippen molar-refractivity contribution >= 4 is 23.4 Å². The van der Waals surface area contributed by atoms with E-state index in [9.17, 15) is 0 Å². The fraction of sp³-hybridized carbons (Fsp3) is 0.545. The lowest BCUT2D eigenvalue weighted by molar-refractivity contribution is 0.0674. The van der Waals surface area contributed by atoms with E-state index < -0.39 is 0 Å². The van der Waals surface area contributed by atoms with Crippen molar-refractivity contribution in [2.45, 2.75) is 24.5 Å². The predicted octanol–water partition coefficient (Wildman–Crippen LogP) is 2.58. The van der Waals surface area contributed by atoms with Crippen molar-refractivity contribution in [1.29, 1.82) is 0 Å². The Labute approximate surface area is 106 Å². The normalized spacial score (nSPS) is 12.7. The fourth-order valence-corrected chi connectivity index (χ4v) is 2.47. The van der Waals surface area contributed by atoms with E-state index in [-0.39, 0.29) is 6.10 Å². The maximum Gasteiger partial charge on any atom is 0.115 e. The molecule has 3 nitrogen and oxygen atoms in total. The third-order valence-electron chi connectivity index (χ3n) is 2.07. The van der Waals surface area contributed by atoms with Crippen LogP contribution in [-0.2, 0) is 4.74 Å². The van der Waals surface area contributed by atoms with Crippen LogP contribution in [0.1, 0.15) is 13.3 Å². The van der Waals surface area contributed by atoms with Gasteiger partial charge >= 0.3 is 0 Å². The lowest BCUT2D eigenvalue weighted by Gasteiger charge is -2.14. The molecule has 0 spiro atoms. The van der Waals surface area contributed by atoms with Gasteiger partial charge in [0.25, 0.3) is 0 Å². The molecule has 0 saturated heterocycles. The molecule has 5 heteroatoms. The molecule has 1 unspecified atom stereocenters. The van der Waals surface area contributed by atoms with E-state index in [4.69, 9.17) is 22.1 Å². The Morgan fingerprint density at radius 3 is 3.06 bits per heavy atom. The standard InChI is InChI=1S/C11H17ClN2OS/c1-2-15-9(8-13)5-7-16-11-10(12)4-3-6-14-11/h3-4,6,9H,2,5,7-8,13H2,1H3. The molecule has 0 amide bonds. The summed E-state index contributed by atoms with van der Waals surface area (Å²) in [5, 5.41) is 1.57. The lowest BCUT2D eigenvalue weighted by atomic mass is 10.3. The number of thioether (sulfide) groups is 1. The minimum Gasteiger partial charge on any atom is -0.377 e. The Balaban J connectivity index is 2.32. The summed E-state index contributed by atoms with van der Waals surface area (Å²) in [5.41, 5.74) is 5.59. The first-order valence-electron chi connectivity index (χ1n) is 5.33. The van der Waals surface area contributed by atoms with Crippen LogP contribution in [-0.4, -0.2) is 30.0 Å². The van der Waals surface area contributed by atoms with E-state index in [2.05, 4.69) is 4.98 Å². The van der Waals surface area contributed by atoms with Gasteiger partial charge in [-0.2, -0.15) is 0 Å². The molecule has 0 aliphatic heterocycles. The van der Waals surface area contributed by atoms with Crippen LogP contribution in [0.15, 0.2) is 23.4 Å². The minimum atomic E-state index is 0.139. The van der Waals surface area contributed by atoms with Gasteiger partial charge in [-0.15, -0.1) is 11.8 Å². The molecule has 1 aromatic rings. The molecule has 2 N–H and O–H groups in total. The SMILES string of the molecule is CCOC(CN)CCSc1ncccc1Cl. The second kappa shape index (κ2) is 7.90. The number of rotatable bonds is 7. The molecule has 1 aromatic heterocycles. The molecule has 0 aliphatic carbocycles. The van der Waals surface area contributed by atoms with Gasteiger partial charge in [-0.25, -0.2) is 4.98 Å². The topological polar surface area (TPSA) is 48.1 Å². The number of ether oxygens (including phenoxy) is 1. The van der Waals surface area contributed by atoms with Crippen LogP contribution in [0, 0.1) is 0 Å². The molecule has 16 heavy (non-hydrogen) atoms. The first-order valence-corrected chi connectivity index (χ1v) is 6.69. The zero-order valence-corrected chi connectivity index (χ0v) is 10.9. The Kier molecular flexibility index (Phi) is 6.80. The average Bonchev–Trinajstić information content (AvgIpc) is 2.30. The van der Waals surface area contributed by atoms with Gasteiger partial charge in [0.1, 0.15) is 5.03 Å².